The standard InChI is InChI=1S/C16H35N3O/c1-7-10-19(12-16(5,6)11-17)14(4)15(20)18-9-8-13(2)3/h13-14H,7-12,17H2,1-6H3,(H,18,20). The number of hydrogen-bond donors (Lipinski definition) is 2. The molecule has 0 aliphatic rings. The molecule has 0 spiro atoms. The van der Waals surface area contributed by atoms with Crippen LogP contribution in [0.5, 0.6) is 0 Å². The molecule has 0 aromatic carbocycles. The lowest BCUT2D eigenvalue weighted by Gasteiger charge is -2.35. The third-order valence-corrected chi connectivity index (χ3v) is 3.64. The fourth-order valence-electron chi connectivity index (χ4n) is 2.11. The number of carbonyl (C=O) groups excluding carboxylic acids is 1. The number of amides is 1. The van der Waals surface area contributed by atoms with Crippen LogP contribution in [0.3, 0.4) is 0 Å². The molecule has 0 heterocycles. The lowest BCUT2D eigenvalue weighted by molar-refractivity contribution is -0.126. The molecular weight excluding hydrogens is 250 g/mol. The summed E-state index contributed by atoms with van der Waals surface area (Å²) in [5, 5.41) is 3.04. The highest BCUT2D eigenvalue weighted by atomic mass is 16.2. The molecule has 20 heavy (non-hydrogen) atoms. The normalized spacial score (nSPS) is 13.8. The molecule has 4 heteroatoms. The predicted octanol–water partition coefficient (Wildman–Crippen LogP) is 2.23. The van der Waals surface area contributed by atoms with Crippen molar-refractivity contribution >= 4 is 5.91 Å². The maximum Gasteiger partial charge on any atom is 0.237 e. The van der Waals surface area contributed by atoms with Crippen molar-refractivity contribution in [2.24, 2.45) is 17.1 Å². The van der Waals surface area contributed by atoms with Crippen LogP contribution < -0.4 is 11.1 Å². The SMILES string of the molecule is CCCN(CC(C)(C)CN)C(C)C(=O)NCCC(C)C. The van der Waals surface area contributed by atoms with Crippen LogP contribution in [0.15, 0.2) is 0 Å². The Morgan fingerprint density at radius 2 is 1.90 bits per heavy atom. The van der Waals surface area contributed by atoms with E-state index in [4.69, 9.17) is 5.73 Å². The van der Waals surface area contributed by atoms with Gasteiger partial charge >= 0.3 is 0 Å². The molecule has 0 fully saturated rings. The summed E-state index contributed by atoms with van der Waals surface area (Å²) in [6, 6.07) is -0.0899. The van der Waals surface area contributed by atoms with Crippen LogP contribution in [-0.2, 0) is 4.79 Å². The first kappa shape index (κ1) is 19.4. The molecule has 120 valence electrons. The third-order valence-electron chi connectivity index (χ3n) is 3.64. The summed E-state index contributed by atoms with van der Waals surface area (Å²) in [5.74, 6) is 0.750. The molecule has 1 atom stereocenters. The Bertz CT molecular complexity index is 277. The molecule has 0 radical (unpaired) electrons. The zero-order valence-electron chi connectivity index (χ0n) is 14.3. The summed E-state index contributed by atoms with van der Waals surface area (Å²) in [7, 11) is 0. The molecular formula is C16H35N3O. The second-order valence-electron chi connectivity index (χ2n) is 6.99. The largest absolute Gasteiger partial charge is 0.355 e. The van der Waals surface area contributed by atoms with Gasteiger partial charge in [-0.25, -0.2) is 0 Å². The zero-order chi connectivity index (χ0) is 15.8. The van der Waals surface area contributed by atoms with Crippen LogP contribution in [0.4, 0.5) is 0 Å². The Hall–Kier alpha value is -0.610. The first-order valence-corrected chi connectivity index (χ1v) is 7.95. The predicted molar refractivity (Wildman–Crippen MR) is 86.6 cm³/mol. The van der Waals surface area contributed by atoms with E-state index in [1.165, 1.54) is 0 Å². The van der Waals surface area contributed by atoms with Gasteiger partial charge in [-0.05, 0) is 44.2 Å². The number of nitrogens with one attached hydrogen (secondary N) is 1. The highest BCUT2D eigenvalue weighted by Crippen LogP contribution is 2.17. The molecule has 0 aromatic rings. The van der Waals surface area contributed by atoms with Crippen LogP contribution >= 0.6 is 0 Å². The first-order chi connectivity index (χ1) is 9.23. The molecule has 0 saturated heterocycles. The van der Waals surface area contributed by atoms with Crippen LogP contribution in [0, 0.1) is 11.3 Å². The maximum atomic E-state index is 12.2. The maximum absolute atomic E-state index is 12.2. The van der Waals surface area contributed by atoms with Gasteiger partial charge in [-0.1, -0.05) is 34.6 Å². The number of rotatable bonds is 10. The van der Waals surface area contributed by atoms with Crippen LogP contribution in [0.2, 0.25) is 0 Å². The van der Waals surface area contributed by atoms with E-state index in [-0.39, 0.29) is 17.4 Å². The molecule has 0 aromatic heterocycles. The fourth-order valence-corrected chi connectivity index (χ4v) is 2.11. The topological polar surface area (TPSA) is 58.4 Å². The monoisotopic (exact) mass is 285 g/mol. The zero-order valence-corrected chi connectivity index (χ0v) is 14.3. The number of nitrogens with zero attached hydrogens (tertiary/aromatic N) is 1. The van der Waals surface area contributed by atoms with E-state index in [0.717, 1.165) is 32.5 Å². The minimum Gasteiger partial charge on any atom is -0.355 e. The van der Waals surface area contributed by atoms with Crippen molar-refractivity contribution in [3.05, 3.63) is 0 Å². The van der Waals surface area contributed by atoms with Crippen molar-refractivity contribution in [2.75, 3.05) is 26.2 Å². The average Bonchev–Trinajstić information content (AvgIpc) is 2.36. The van der Waals surface area contributed by atoms with Gasteiger partial charge in [-0.2, -0.15) is 0 Å². The van der Waals surface area contributed by atoms with Gasteiger partial charge in [0.25, 0.3) is 0 Å². The molecule has 3 N–H and O–H groups in total. The summed E-state index contributed by atoms with van der Waals surface area (Å²) in [6.45, 7) is 16.0. The highest BCUT2D eigenvalue weighted by molar-refractivity contribution is 5.81. The molecule has 0 rings (SSSR count). The van der Waals surface area contributed by atoms with Crippen LogP contribution in [0.1, 0.15) is 54.4 Å². The van der Waals surface area contributed by atoms with E-state index in [1.807, 2.05) is 6.92 Å². The van der Waals surface area contributed by atoms with E-state index < -0.39 is 0 Å². The van der Waals surface area contributed by atoms with Gasteiger partial charge in [0.1, 0.15) is 0 Å². The Labute approximate surface area is 125 Å². The Kier molecular flexibility index (Phi) is 9.06. The number of hydrogen-bond acceptors (Lipinski definition) is 3. The van der Waals surface area contributed by atoms with Gasteiger partial charge in [0, 0.05) is 13.1 Å². The van der Waals surface area contributed by atoms with Crippen molar-refractivity contribution in [1.29, 1.82) is 0 Å². The van der Waals surface area contributed by atoms with E-state index in [9.17, 15) is 4.79 Å². The summed E-state index contributed by atoms with van der Waals surface area (Å²) in [5.41, 5.74) is 5.86. The van der Waals surface area contributed by atoms with Gasteiger partial charge in [-0.15, -0.1) is 0 Å². The molecule has 4 nitrogen and oxygen atoms in total. The molecule has 1 amide bonds. The Morgan fingerprint density at radius 3 is 2.35 bits per heavy atom. The van der Waals surface area contributed by atoms with Crippen molar-refractivity contribution in [2.45, 2.75) is 60.4 Å². The van der Waals surface area contributed by atoms with E-state index in [1.54, 1.807) is 0 Å². The molecule has 0 bridgehead atoms. The second-order valence-corrected chi connectivity index (χ2v) is 6.99. The Morgan fingerprint density at radius 1 is 1.30 bits per heavy atom. The second kappa shape index (κ2) is 9.35. The van der Waals surface area contributed by atoms with Gasteiger partial charge in [0.2, 0.25) is 5.91 Å². The van der Waals surface area contributed by atoms with Crippen molar-refractivity contribution in [3.8, 4) is 0 Å². The van der Waals surface area contributed by atoms with E-state index >= 15 is 0 Å². The van der Waals surface area contributed by atoms with Gasteiger partial charge in [-0.3, -0.25) is 9.69 Å². The van der Waals surface area contributed by atoms with Gasteiger partial charge in [0.05, 0.1) is 6.04 Å². The van der Waals surface area contributed by atoms with Gasteiger partial charge < -0.3 is 11.1 Å². The van der Waals surface area contributed by atoms with Gasteiger partial charge in [0.15, 0.2) is 0 Å². The van der Waals surface area contributed by atoms with Crippen molar-refractivity contribution in [1.82, 2.24) is 10.2 Å². The summed E-state index contributed by atoms with van der Waals surface area (Å²) in [4.78, 5) is 14.5. The lowest BCUT2D eigenvalue weighted by Crippen LogP contribution is -2.50. The number of carbonyl (C=O) groups is 1. The quantitative estimate of drug-likeness (QED) is 0.647. The molecule has 1 unspecified atom stereocenters. The van der Waals surface area contributed by atoms with Crippen molar-refractivity contribution in [3.63, 3.8) is 0 Å². The lowest BCUT2D eigenvalue weighted by atomic mass is 9.92. The highest BCUT2D eigenvalue weighted by Gasteiger charge is 2.26. The van der Waals surface area contributed by atoms with E-state index in [0.29, 0.717) is 12.5 Å². The van der Waals surface area contributed by atoms with Crippen LogP contribution in [-0.4, -0.2) is 43.0 Å². The average molecular weight is 285 g/mol. The summed E-state index contributed by atoms with van der Waals surface area (Å²) >= 11 is 0. The smallest absolute Gasteiger partial charge is 0.237 e. The Balaban J connectivity index is 4.46. The summed E-state index contributed by atoms with van der Waals surface area (Å²) < 4.78 is 0. The number of nitrogens with two attached hydrogens (primary N) is 1. The van der Waals surface area contributed by atoms with Crippen LogP contribution in [0.25, 0.3) is 0 Å². The molecule has 0 aliphatic heterocycles. The molecule has 0 saturated carbocycles. The minimum atomic E-state index is -0.0899. The van der Waals surface area contributed by atoms with E-state index in [2.05, 4.69) is 44.8 Å². The molecule has 0 aliphatic carbocycles. The third kappa shape index (κ3) is 7.85. The summed E-state index contributed by atoms with van der Waals surface area (Å²) in [6.07, 6.45) is 2.07. The van der Waals surface area contributed by atoms with Crippen molar-refractivity contribution < 1.29 is 4.79 Å². The first-order valence-electron chi connectivity index (χ1n) is 7.95. The fraction of sp³-hybridized carbons (Fsp3) is 0.938. The minimum absolute atomic E-state index is 0.0433.